The minimum atomic E-state index is -4.42. The Hall–Kier alpha value is -0.650. The Balaban J connectivity index is 3.06. The van der Waals surface area contributed by atoms with E-state index in [-0.39, 0.29) is 4.60 Å². The van der Waals surface area contributed by atoms with Gasteiger partial charge in [0.05, 0.1) is 12.4 Å². The largest absolute Gasteiger partial charge is 0.434 e. The maximum atomic E-state index is 11.8. The summed E-state index contributed by atoms with van der Waals surface area (Å²) in [4.78, 5) is 6.49. The lowest BCUT2D eigenvalue weighted by atomic mass is 10.4. The quantitative estimate of drug-likeness (QED) is 0.679. The number of nitrogens with zero attached hydrogens (tertiary/aromatic N) is 2. The standard InChI is InChI=1S/C5H2BrF3N2/c6-4-2-10-1-3(11-4)5(7,8)9/h1-2H. The van der Waals surface area contributed by atoms with Crippen LogP contribution in [-0.4, -0.2) is 9.97 Å². The summed E-state index contributed by atoms with van der Waals surface area (Å²) in [7, 11) is 0. The fourth-order valence-corrected chi connectivity index (χ4v) is 0.788. The van der Waals surface area contributed by atoms with E-state index in [0.29, 0.717) is 6.20 Å². The molecule has 1 rings (SSSR count). The molecule has 0 saturated carbocycles. The van der Waals surface area contributed by atoms with Gasteiger partial charge in [-0.3, -0.25) is 4.98 Å². The van der Waals surface area contributed by atoms with Gasteiger partial charge in [0.1, 0.15) is 4.60 Å². The van der Waals surface area contributed by atoms with E-state index in [0.717, 1.165) is 0 Å². The van der Waals surface area contributed by atoms with Crippen molar-refractivity contribution in [3.63, 3.8) is 0 Å². The first-order valence-corrected chi connectivity index (χ1v) is 3.34. The molecule has 1 aromatic heterocycles. The lowest BCUT2D eigenvalue weighted by Gasteiger charge is -2.03. The minimum absolute atomic E-state index is 0.0762. The molecule has 0 aliphatic rings. The topological polar surface area (TPSA) is 25.8 Å². The van der Waals surface area contributed by atoms with Crippen LogP contribution in [0, 0.1) is 0 Å². The van der Waals surface area contributed by atoms with Crippen molar-refractivity contribution >= 4 is 15.9 Å². The summed E-state index contributed by atoms with van der Waals surface area (Å²) in [5, 5.41) is 0. The third kappa shape index (κ3) is 2.14. The molecule has 0 aliphatic carbocycles. The fraction of sp³-hybridized carbons (Fsp3) is 0.200. The van der Waals surface area contributed by atoms with Gasteiger partial charge in [0.2, 0.25) is 0 Å². The molecule has 0 radical (unpaired) electrons. The van der Waals surface area contributed by atoms with Gasteiger partial charge in [-0.1, -0.05) is 0 Å². The highest BCUT2D eigenvalue weighted by atomic mass is 79.9. The zero-order valence-electron chi connectivity index (χ0n) is 5.06. The molecule has 0 aliphatic heterocycles. The zero-order valence-corrected chi connectivity index (χ0v) is 6.65. The summed E-state index contributed by atoms with van der Waals surface area (Å²) in [6, 6.07) is 0. The monoisotopic (exact) mass is 226 g/mol. The van der Waals surface area contributed by atoms with E-state index in [4.69, 9.17) is 0 Å². The highest BCUT2D eigenvalue weighted by Gasteiger charge is 2.32. The molecule has 60 valence electrons. The van der Waals surface area contributed by atoms with E-state index in [9.17, 15) is 13.2 Å². The van der Waals surface area contributed by atoms with Gasteiger partial charge in [-0.15, -0.1) is 0 Å². The lowest BCUT2D eigenvalue weighted by molar-refractivity contribution is -0.141. The summed E-state index contributed by atoms with van der Waals surface area (Å²) in [6.45, 7) is 0. The first-order chi connectivity index (χ1) is 5.00. The molecule has 0 atom stereocenters. The molecular formula is C5H2BrF3N2. The number of hydrogen-bond acceptors (Lipinski definition) is 2. The summed E-state index contributed by atoms with van der Waals surface area (Å²) in [6.07, 6.45) is -2.56. The SMILES string of the molecule is FC(F)(F)c1cncc(Br)n1. The Kier molecular flexibility index (Phi) is 2.12. The van der Waals surface area contributed by atoms with E-state index in [2.05, 4.69) is 25.9 Å². The highest BCUT2D eigenvalue weighted by molar-refractivity contribution is 9.10. The van der Waals surface area contributed by atoms with E-state index >= 15 is 0 Å². The minimum Gasteiger partial charge on any atom is -0.260 e. The van der Waals surface area contributed by atoms with Crippen LogP contribution >= 0.6 is 15.9 Å². The summed E-state index contributed by atoms with van der Waals surface area (Å²) >= 11 is 2.78. The van der Waals surface area contributed by atoms with Crippen molar-refractivity contribution in [1.82, 2.24) is 9.97 Å². The van der Waals surface area contributed by atoms with Crippen LogP contribution < -0.4 is 0 Å². The second kappa shape index (κ2) is 2.77. The summed E-state index contributed by atoms with van der Waals surface area (Å²) in [5.74, 6) is 0. The smallest absolute Gasteiger partial charge is 0.260 e. The van der Waals surface area contributed by atoms with Gasteiger partial charge in [0.25, 0.3) is 0 Å². The Morgan fingerprint density at radius 3 is 2.27 bits per heavy atom. The van der Waals surface area contributed by atoms with Gasteiger partial charge < -0.3 is 0 Å². The molecule has 0 saturated heterocycles. The molecule has 0 N–H and O–H groups in total. The Morgan fingerprint density at radius 1 is 1.27 bits per heavy atom. The van der Waals surface area contributed by atoms with Crippen molar-refractivity contribution in [3.8, 4) is 0 Å². The van der Waals surface area contributed by atoms with E-state index in [1.165, 1.54) is 6.20 Å². The molecule has 0 spiro atoms. The van der Waals surface area contributed by atoms with Gasteiger partial charge in [0, 0.05) is 0 Å². The van der Waals surface area contributed by atoms with E-state index in [1.807, 2.05) is 0 Å². The normalized spacial score (nSPS) is 11.6. The average Bonchev–Trinajstić information content (AvgIpc) is 1.86. The predicted octanol–water partition coefficient (Wildman–Crippen LogP) is 2.26. The van der Waals surface area contributed by atoms with Crippen LogP contribution in [0.4, 0.5) is 13.2 Å². The van der Waals surface area contributed by atoms with Crippen molar-refractivity contribution in [1.29, 1.82) is 0 Å². The molecular weight excluding hydrogens is 225 g/mol. The van der Waals surface area contributed by atoms with E-state index in [1.54, 1.807) is 0 Å². The predicted molar refractivity (Wildman–Crippen MR) is 34.7 cm³/mol. The fourth-order valence-electron chi connectivity index (χ4n) is 0.479. The number of hydrogen-bond donors (Lipinski definition) is 0. The third-order valence-electron chi connectivity index (χ3n) is 0.896. The van der Waals surface area contributed by atoms with Crippen LogP contribution in [-0.2, 0) is 6.18 Å². The molecule has 2 nitrogen and oxygen atoms in total. The van der Waals surface area contributed by atoms with Crippen molar-refractivity contribution in [3.05, 3.63) is 22.7 Å². The number of halogens is 4. The Morgan fingerprint density at radius 2 is 1.91 bits per heavy atom. The van der Waals surface area contributed by atoms with Crippen LogP contribution in [0.15, 0.2) is 17.0 Å². The lowest BCUT2D eigenvalue weighted by Crippen LogP contribution is -2.08. The molecule has 0 bridgehead atoms. The molecule has 1 heterocycles. The Bertz CT molecular complexity index is 260. The molecule has 11 heavy (non-hydrogen) atoms. The van der Waals surface area contributed by atoms with E-state index < -0.39 is 11.9 Å². The first kappa shape index (κ1) is 8.45. The molecule has 1 aromatic rings. The molecule has 6 heteroatoms. The number of aromatic nitrogens is 2. The van der Waals surface area contributed by atoms with Crippen LogP contribution in [0.25, 0.3) is 0 Å². The third-order valence-corrected chi connectivity index (χ3v) is 1.28. The average molecular weight is 227 g/mol. The molecule has 0 unspecified atom stereocenters. The van der Waals surface area contributed by atoms with Crippen molar-refractivity contribution < 1.29 is 13.2 Å². The molecule has 0 amide bonds. The second-order valence-corrected chi connectivity index (χ2v) is 2.54. The first-order valence-electron chi connectivity index (χ1n) is 2.55. The summed E-state index contributed by atoms with van der Waals surface area (Å²) < 4.78 is 35.6. The zero-order chi connectivity index (χ0) is 8.48. The molecule has 0 fully saturated rings. The maximum absolute atomic E-state index is 11.8. The van der Waals surface area contributed by atoms with Crippen LogP contribution in [0.3, 0.4) is 0 Å². The summed E-state index contributed by atoms with van der Waals surface area (Å²) in [5.41, 5.74) is -0.994. The van der Waals surface area contributed by atoms with Crippen molar-refractivity contribution in [2.75, 3.05) is 0 Å². The maximum Gasteiger partial charge on any atom is 0.434 e. The van der Waals surface area contributed by atoms with Gasteiger partial charge in [-0.2, -0.15) is 13.2 Å². The van der Waals surface area contributed by atoms with Gasteiger partial charge in [0.15, 0.2) is 5.69 Å². The second-order valence-electron chi connectivity index (χ2n) is 1.72. The Labute approximate surface area is 68.6 Å². The van der Waals surface area contributed by atoms with Gasteiger partial charge in [-0.05, 0) is 15.9 Å². The molecule has 0 aromatic carbocycles. The number of alkyl halides is 3. The van der Waals surface area contributed by atoms with Gasteiger partial charge >= 0.3 is 6.18 Å². The van der Waals surface area contributed by atoms with Crippen LogP contribution in [0.1, 0.15) is 5.69 Å². The van der Waals surface area contributed by atoms with Crippen molar-refractivity contribution in [2.45, 2.75) is 6.18 Å². The van der Waals surface area contributed by atoms with Crippen LogP contribution in [0.2, 0.25) is 0 Å². The van der Waals surface area contributed by atoms with Gasteiger partial charge in [-0.25, -0.2) is 4.98 Å². The highest BCUT2D eigenvalue weighted by Crippen LogP contribution is 2.27. The van der Waals surface area contributed by atoms with Crippen molar-refractivity contribution in [2.24, 2.45) is 0 Å². The number of rotatable bonds is 0. The van der Waals surface area contributed by atoms with Crippen LogP contribution in [0.5, 0.6) is 0 Å².